The predicted molar refractivity (Wildman–Crippen MR) is 105 cm³/mol. The molecular formula is C19H23N5OS. The third-order valence-corrected chi connectivity index (χ3v) is 5.07. The number of nitrogens with zero attached hydrogens (tertiary/aromatic N) is 4. The minimum Gasteiger partial charge on any atom is -0.321 e. The van der Waals surface area contributed by atoms with Gasteiger partial charge in [0.2, 0.25) is 0 Å². The third kappa shape index (κ3) is 4.36. The van der Waals surface area contributed by atoms with Crippen LogP contribution in [0.25, 0.3) is 10.6 Å². The zero-order chi connectivity index (χ0) is 18.5. The van der Waals surface area contributed by atoms with Crippen LogP contribution in [0.15, 0.2) is 42.0 Å². The first-order chi connectivity index (χ1) is 12.6. The van der Waals surface area contributed by atoms with Crippen molar-refractivity contribution >= 4 is 22.9 Å². The molecule has 1 amide bonds. The number of amides is 1. The molecule has 1 N–H and O–H groups in total. The van der Waals surface area contributed by atoms with Crippen LogP contribution in [-0.4, -0.2) is 38.7 Å². The summed E-state index contributed by atoms with van der Waals surface area (Å²) >= 11 is 1.44. The van der Waals surface area contributed by atoms with Gasteiger partial charge in [-0.25, -0.2) is 4.98 Å². The molecular weight excluding hydrogens is 346 g/mol. The lowest BCUT2D eigenvalue weighted by molar-refractivity contribution is 0.102. The number of hydrogen-bond donors (Lipinski definition) is 1. The molecule has 0 aliphatic carbocycles. The van der Waals surface area contributed by atoms with E-state index in [-0.39, 0.29) is 5.91 Å². The smallest absolute Gasteiger partial charge is 0.275 e. The van der Waals surface area contributed by atoms with Gasteiger partial charge in [0.1, 0.15) is 10.7 Å². The first-order valence-electron chi connectivity index (χ1n) is 8.66. The molecule has 2 heterocycles. The highest BCUT2D eigenvalue weighted by atomic mass is 32.1. The van der Waals surface area contributed by atoms with E-state index in [0.29, 0.717) is 5.69 Å². The summed E-state index contributed by atoms with van der Waals surface area (Å²) in [5, 5.41) is 9.65. The predicted octanol–water partition coefficient (Wildman–Crippen LogP) is 3.64. The fraction of sp³-hybridized carbons (Fsp3) is 0.316. The van der Waals surface area contributed by atoms with E-state index >= 15 is 0 Å². The molecule has 26 heavy (non-hydrogen) atoms. The number of carbonyl (C=O) groups is 1. The van der Waals surface area contributed by atoms with Crippen molar-refractivity contribution in [3.8, 4) is 10.6 Å². The Kier molecular flexibility index (Phi) is 5.80. The van der Waals surface area contributed by atoms with Crippen LogP contribution in [0.3, 0.4) is 0 Å². The molecule has 2 aromatic heterocycles. The molecule has 0 saturated heterocycles. The van der Waals surface area contributed by atoms with Crippen molar-refractivity contribution < 1.29 is 4.79 Å². The number of aryl methyl sites for hydroxylation is 1. The van der Waals surface area contributed by atoms with Gasteiger partial charge in [-0.05, 0) is 30.8 Å². The van der Waals surface area contributed by atoms with E-state index in [2.05, 4.69) is 40.2 Å². The summed E-state index contributed by atoms with van der Waals surface area (Å²) in [5.74, 6) is -0.198. The minimum absolute atomic E-state index is 0.198. The Hall–Kier alpha value is -2.51. The molecule has 0 saturated carbocycles. The van der Waals surface area contributed by atoms with Crippen LogP contribution < -0.4 is 5.32 Å². The van der Waals surface area contributed by atoms with Gasteiger partial charge in [-0.3, -0.25) is 14.4 Å². The lowest BCUT2D eigenvalue weighted by atomic mass is 10.2. The van der Waals surface area contributed by atoms with E-state index in [4.69, 9.17) is 0 Å². The molecule has 6 nitrogen and oxygen atoms in total. The Balaban J connectivity index is 1.69. The van der Waals surface area contributed by atoms with Crippen LogP contribution in [0, 0.1) is 0 Å². The molecule has 0 aliphatic heterocycles. The number of anilines is 1. The first-order valence-corrected chi connectivity index (χ1v) is 9.54. The molecule has 0 radical (unpaired) electrons. The van der Waals surface area contributed by atoms with E-state index in [1.165, 1.54) is 16.9 Å². The maximum atomic E-state index is 12.5. The van der Waals surface area contributed by atoms with Crippen molar-refractivity contribution in [1.29, 1.82) is 0 Å². The van der Waals surface area contributed by atoms with Gasteiger partial charge < -0.3 is 5.32 Å². The molecule has 0 atom stereocenters. The highest BCUT2D eigenvalue weighted by Gasteiger charge is 2.13. The molecule has 7 heteroatoms. The third-order valence-electron chi connectivity index (χ3n) is 4.17. The van der Waals surface area contributed by atoms with Crippen molar-refractivity contribution in [3.05, 3.63) is 53.3 Å². The Labute approximate surface area is 157 Å². The summed E-state index contributed by atoms with van der Waals surface area (Å²) in [4.78, 5) is 19.3. The monoisotopic (exact) mass is 369 g/mol. The lowest BCUT2D eigenvalue weighted by Gasteiger charge is -2.18. The van der Waals surface area contributed by atoms with Crippen LogP contribution in [0.2, 0.25) is 0 Å². The van der Waals surface area contributed by atoms with E-state index < -0.39 is 0 Å². The van der Waals surface area contributed by atoms with Crippen molar-refractivity contribution in [1.82, 2.24) is 19.7 Å². The van der Waals surface area contributed by atoms with Crippen molar-refractivity contribution in [3.63, 3.8) is 0 Å². The van der Waals surface area contributed by atoms with Gasteiger partial charge in [0.25, 0.3) is 5.91 Å². The maximum Gasteiger partial charge on any atom is 0.275 e. The summed E-state index contributed by atoms with van der Waals surface area (Å²) in [6, 6.07) is 7.97. The maximum absolute atomic E-state index is 12.5. The molecule has 136 valence electrons. The second kappa shape index (κ2) is 8.25. The molecule has 0 fully saturated rings. The van der Waals surface area contributed by atoms with Gasteiger partial charge in [-0.15, -0.1) is 11.3 Å². The topological polar surface area (TPSA) is 63.1 Å². The molecule has 0 spiro atoms. The number of thiazole rings is 1. The summed E-state index contributed by atoms with van der Waals surface area (Å²) in [6.07, 6.45) is 3.63. The Morgan fingerprint density at radius 3 is 2.81 bits per heavy atom. The summed E-state index contributed by atoms with van der Waals surface area (Å²) < 4.78 is 1.72. The normalized spacial score (nSPS) is 11.1. The molecule has 1 aromatic carbocycles. The number of nitrogens with one attached hydrogen (secondary N) is 1. The van der Waals surface area contributed by atoms with E-state index in [1.807, 2.05) is 31.4 Å². The quantitative estimate of drug-likeness (QED) is 0.691. The standard InChI is InChI=1S/C19H23N5OS/c1-4-24(5-2)11-14-7-6-8-16(9-14)21-18(25)17-13-26-19(22-17)15-10-20-23(3)12-15/h6-10,12-13H,4-5,11H2,1-3H3,(H,21,25). The zero-order valence-corrected chi connectivity index (χ0v) is 16.1. The summed E-state index contributed by atoms with van der Waals surface area (Å²) in [6.45, 7) is 7.18. The number of benzene rings is 1. The van der Waals surface area contributed by atoms with Gasteiger partial charge in [0.15, 0.2) is 0 Å². The van der Waals surface area contributed by atoms with Crippen LogP contribution >= 0.6 is 11.3 Å². The van der Waals surface area contributed by atoms with Crippen molar-refractivity contribution in [2.75, 3.05) is 18.4 Å². The zero-order valence-electron chi connectivity index (χ0n) is 15.3. The van der Waals surface area contributed by atoms with E-state index in [9.17, 15) is 4.79 Å². The van der Waals surface area contributed by atoms with Gasteiger partial charge in [-0.2, -0.15) is 5.10 Å². The Bertz CT molecular complexity index is 881. The van der Waals surface area contributed by atoms with Crippen molar-refractivity contribution in [2.45, 2.75) is 20.4 Å². The van der Waals surface area contributed by atoms with E-state index in [1.54, 1.807) is 16.3 Å². The van der Waals surface area contributed by atoms with Crippen molar-refractivity contribution in [2.24, 2.45) is 7.05 Å². The lowest BCUT2D eigenvalue weighted by Crippen LogP contribution is -2.22. The molecule has 0 aliphatic rings. The molecule has 3 aromatic rings. The van der Waals surface area contributed by atoms with Crippen LogP contribution in [0.5, 0.6) is 0 Å². The number of hydrogen-bond acceptors (Lipinski definition) is 5. The summed E-state index contributed by atoms with van der Waals surface area (Å²) in [5.41, 5.74) is 3.30. The van der Waals surface area contributed by atoms with Crippen LogP contribution in [-0.2, 0) is 13.6 Å². The molecule has 0 bridgehead atoms. The summed E-state index contributed by atoms with van der Waals surface area (Å²) in [7, 11) is 1.86. The van der Waals surface area contributed by atoms with E-state index in [0.717, 1.165) is 35.9 Å². The number of carbonyl (C=O) groups excluding carboxylic acids is 1. The Morgan fingerprint density at radius 2 is 2.12 bits per heavy atom. The second-order valence-corrected chi connectivity index (χ2v) is 6.91. The SMILES string of the molecule is CCN(CC)Cc1cccc(NC(=O)c2csc(-c3cnn(C)c3)n2)c1. The van der Waals surface area contributed by atoms with Gasteiger partial charge in [-0.1, -0.05) is 26.0 Å². The number of aromatic nitrogens is 3. The van der Waals surface area contributed by atoms with Gasteiger partial charge in [0.05, 0.1) is 6.20 Å². The number of rotatable bonds is 7. The van der Waals surface area contributed by atoms with Gasteiger partial charge in [0, 0.05) is 36.4 Å². The average Bonchev–Trinajstić information content (AvgIpc) is 3.29. The van der Waals surface area contributed by atoms with Gasteiger partial charge >= 0.3 is 0 Å². The fourth-order valence-corrected chi connectivity index (χ4v) is 3.47. The average molecular weight is 369 g/mol. The Morgan fingerprint density at radius 1 is 1.31 bits per heavy atom. The second-order valence-electron chi connectivity index (χ2n) is 6.06. The fourth-order valence-electron chi connectivity index (χ4n) is 2.69. The molecule has 0 unspecified atom stereocenters. The van der Waals surface area contributed by atoms with Crippen LogP contribution in [0.1, 0.15) is 29.9 Å². The molecule has 3 rings (SSSR count). The highest BCUT2D eigenvalue weighted by molar-refractivity contribution is 7.13. The highest BCUT2D eigenvalue weighted by Crippen LogP contribution is 2.23. The largest absolute Gasteiger partial charge is 0.321 e. The first kappa shape index (κ1) is 18.3. The minimum atomic E-state index is -0.198. The van der Waals surface area contributed by atoms with Crippen LogP contribution in [0.4, 0.5) is 5.69 Å².